The van der Waals surface area contributed by atoms with Gasteiger partial charge in [0.05, 0.1) is 25.1 Å². The maximum atomic E-state index is 13.2. The van der Waals surface area contributed by atoms with Crippen LogP contribution in [0.5, 0.6) is 0 Å². The fourth-order valence-electron chi connectivity index (χ4n) is 3.45. The van der Waals surface area contributed by atoms with Crippen LogP contribution in [-0.4, -0.2) is 84.0 Å². The largest absolute Gasteiger partial charge is 0.481 e. The Morgan fingerprint density at radius 1 is 0.838 bits per heavy atom. The molecule has 2 heterocycles. The topological polar surface area (TPSA) is 245 Å². The smallest absolute Gasteiger partial charge is 0.326 e. The Kier molecular flexibility index (Phi) is 10.7. The van der Waals surface area contributed by atoms with Crippen molar-refractivity contribution in [2.24, 2.45) is 11.7 Å². The summed E-state index contributed by atoms with van der Waals surface area (Å²) < 4.78 is 0. The van der Waals surface area contributed by atoms with Gasteiger partial charge in [-0.25, -0.2) is 14.8 Å². The highest BCUT2D eigenvalue weighted by molar-refractivity contribution is 5.94. The molecule has 0 spiro atoms. The number of hydrogen-bond acceptors (Lipinski definition) is 8. The summed E-state index contributed by atoms with van der Waals surface area (Å²) in [5, 5.41) is 25.9. The zero-order valence-corrected chi connectivity index (χ0v) is 20.4. The molecule has 2 rings (SSSR count). The summed E-state index contributed by atoms with van der Waals surface area (Å²) in [6, 6.07) is -5.03. The second-order valence-electron chi connectivity index (χ2n) is 8.92. The summed E-state index contributed by atoms with van der Waals surface area (Å²) >= 11 is 0. The van der Waals surface area contributed by atoms with Gasteiger partial charge in [0, 0.05) is 36.6 Å². The number of hydrogen-bond donors (Lipinski definition) is 8. The van der Waals surface area contributed by atoms with E-state index in [0.717, 1.165) is 0 Å². The number of aromatic amines is 2. The molecule has 4 unspecified atom stereocenters. The monoisotopic (exact) mass is 520 g/mol. The highest BCUT2D eigenvalue weighted by Gasteiger charge is 2.31. The normalized spacial score (nSPS) is 14.3. The van der Waals surface area contributed by atoms with Crippen LogP contribution in [0.3, 0.4) is 0 Å². The number of carbonyl (C=O) groups excluding carboxylic acids is 3. The van der Waals surface area contributed by atoms with Crippen molar-refractivity contribution in [3.63, 3.8) is 0 Å². The zero-order chi connectivity index (χ0) is 27.5. The van der Waals surface area contributed by atoms with Gasteiger partial charge >= 0.3 is 11.9 Å². The van der Waals surface area contributed by atoms with E-state index in [-0.39, 0.29) is 25.2 Å². The van der Waals surface area contributed by atoms with E-state index < -0.39 is 60.2 Å². The number of carboxylic acids is 2. The molecule has 4 atom stereocenters. The van der Waals surface area contributed by atoms with Crippen LogP contribution in [0.15, 0.2) is 25.0 Å². The van der Waals surface area contributed by atoms with Gasteiger partial charge in [0.2, 0.25) is 17.7 Å². The van der Waals surface area contributed by atoms with Crippen molar-refractivity contribution in [1.82, 2.24) is 35.9 Å². The maximum Gasteiger partial charge on any atom is 0.326 e. The van der Waals surface area contributed by atoms with Crippen LogP contribution in [0.1, 0.15) is 38.1 Å². The number of H-pyrrole nitrogens is 2. The molecule has 0 aromatic carbocycles. The molecule has 37 heavy (non-hydrogen) atoms. The second kappa shape index (κ2) is 13.7. The fourth-order valence-corrected chi connectivity index (χ4v) is 3.45. The lowest BCUT2D eigenvalue weighted by Gasteiger charge is -2.25. The van der Waals surface area contributed by atoms with E-state index in [1.165, 1.54) is 25.0 Å². The number of aromatic nitrogens is 4. The van der Waals surface area contributed by atoms with Crippen LogP contribution in [-0.2, 0) is 36.8 Å². The minimum absolute atomic E-state index is 0.0468. The SMILES string of the molecule is CC(C)CC(NC(=O)C(N)CC(=O)O)C(=O)NC(Cc1cnc[nH]1)C(=O)NC(Cc1cnc[nH]1)C(=O)O. The number of carboxylic acid groups (broad SMARTS) is 2. The molecule has 2 aromatic heterocycles. The minimum atomic E-state index is -1.37. The predicted octanol–water partition coefficient (Wildman–Crippen LogP) is -1.69. The highest BCUT2D eigenvalue weighted by Crippen LogP contribution is 2.08. The molecule has 0 aliphatic rings. The Hall–Kier alpha value is -4.27. The number of nitrogens with zero attached hydrogens (tertiary/aromatic N) is 2. The van der Waals surface area contributed by atoms with Gasteiger partial charge < -0.3 is 41.9 Å². The fraction of sp³-hybridized carbons (Fsp3) is 0.500. The molecule has 0 bridgehead atoms. The molecule has 0 fully saturated rings. The molecular weight excluding hydrogens is 488 g/mol. The molecule has 0 saturated carbocycles. The summed E-state index contributed by atoms with van der Waals surface area (Å²) in [5.74, 6) is -4.93. The lowest BCUT2D eigenvalue weighted by atomic mass is 10.0. The third kappa shape index (κ3) is 9.71. The van der Waals surface area contributed by atoms with Crippen molar-refractivity contribution >= 4 is 29.7 Å². The second-order valence-corrected chi connectivity index (χ2v) is 8.92. The maximum absolute atomic E-state index is 13.2. The van der Waals surface area contributed by atoms with Crippen molar-refractivity contribution in [2.75, 3.05) is 0 Å². The predicted molar refractivity (Wildman–Crippen MR) is 128 cm³/mol. The van der Waals surface area contributed by atoms with Gasteiger partial charge in [0.25, 0.3) is 0 Å². The standard InChI is InChI=1S/C22H32N8O7/c1-11(2)3-15(28-19(33)14(23)6-18(31)32)20(34)29-16(4-12-7-24-9-26-12)21(35)30-17(22(36)37)5-13-8-25-10-27-13/h7-11,14-17H,3-6,23H2,1-2H3,(H,24,26)(H,25,27)(H,28,33)(H,29,34)(H,30,35)(H,31,32)(H,36,37). The zero-order valence-electron chi connectivity index (χ0n) is 20.4. The van der Waals surface area contributed by atoms with Crippen molar-refractivity contribution in [3.8, 4) is 0 Å². The third-order valence-electron chi connectivity index (χ3n) is 5.28. The van der Waals surface area contributed by atoms with Gasteiger partial charge in [0.15, 0.2) is 0 Å². The van der Waals surface area contributed by atoms with E-state index in [1.807, 2.05) is 13.8 Å². The number of rotatable bonds is 15. The van der Waals surface area contributed by atoms with E-state index in [2.05, 4.69) is 35.9 Å². The van der Waals surface area contributed by atoms with Crippen LogP contribution < -0.4 is 21.7 Å². The summed E-state index contributed by atoms with van der Waals surface area (Å²) in [6.07, 6.45) is 5.07. The quantitative estimate of drug-likeness (QED) is 0.132. The lowest BCUT2D eigenvalue weighted by Crippen LogP contribution is -2.58. The van der Waals surface area contributed by atoms with E-state index in [0.29, 0.717) is 11.4 Å². The Bertz CT molecular complexity index is 1060. The number of aliphatic carboxylic acids is 2. The molecule has 15 heteroatoms. The van der Waals surface area contributed by atoms with Gasteiger partial charge in [-0.05, 0) is 12.3 Å². The van der Waals surface area contributed by atoms with Crippen LogP contribution in [0, 0.1) is 5.92 Å². The van der Waals surface area contributed by atoms with Crippen molar-refractivity contribution in [3.05, 3.63) is 36.4 Å². The number of carbonyl (C=O) groups is 5. The number of nitrogens with two attached hydrogens (primary N) is 1. The van der Waals surface area contributed by atoms with Gasteiger partial charge in [-0.3, -0.25) is 19.2 Å². The third-order valence-corrected chi connectivity index (χ3v) is 5.28. The van der Waals surface area contributed by atoms with Gasteiger partial charge in [0.1, 0.15) is 18.1 Å². The first kappa shape index (κ1) is 29.0. The number of imidazole rings is 2. The van der Waals surface area contributed by atoms with Gasteiger partial charge in [-0.1, -0.05) is 13.8 Å². The number of nitrogens with one attached hydrogen (secondary N) is 5. The molecule has 0 saturated heterocycles. The van der Waals surface area contributed by atoms with E-state index in [1.54, 1.807) is 0 Å². The van der Waals surface area contributed by atoms with E-state index in [9.17, 15) is 29.1 Å². The Labute approximate surface area is 212 Å². The first-order valence-corrected chi connectivity index (χ1v) is 11.5. The molecule has 3 amide bonds. The number of amides is 3. The molecule has 9 N–H and O–H groups in total. The Morgan fingerprint density at radius 3 is 1.78 bits per heavy atom. The highest BCUT2D eigenvalue weighted by atomic mass is 16.4. The minimum Gasteiger partial charge on any atom is -0.481 e. The van der Waals surface area contributed by atoms with Crippen LogP contribution in [0.2, 0.25) is 0 Å². The molecule has 2 aromatic rings. The van der Waals surface area contributed by atoms with Crippen molar-refractivity contribution in [1.29, 1.82) is 0 Å². The Morgan fingerprint density at radius 2 is 1.32 bits per heavy atom. The summed E-state index contributed by atoms with van der Waals surface area (Å²) in [7, 11) is 0. The summed E-state index contributed by atoms with van der Waals surface area (Å²) in [5.41, 5.74) is 6.59. The molecule has 0 aliphatic heterocycles. The molecular formula is C22H32N8O7. The first-order chi connectivity index (χ1) is 17.5. The van der Waals surface area contributed by atoms with Gasteiger partial charge in [-0.15, -0.1) is 0 Å². The molecule has 15 nitrogen and oxygen atoms in total. The molecule has 0 aliphatic carbocycles. The summed E-state index contributed by atoms with van der Waals surface area (Å²) in [4.78, 5) is 74.6. The van der Waals surface area contributed by atoms with Crippen molar-refractivity contribution < 1.29 is 34.2 Å². The lowest BCUT2D eigenvalue weighted by molar-refractivity contribution is -0.142. The van der Waals surface area contributed by atoms with Crippen LogP contribution >= 0.6 is 0 Å². The van der Waals surface area contributed by atoms with Crippen LogP contribution in [0.25, 0.3) is 0 Å². The average Bonchev–Trinajstić information content (AvgIpc) is 3.51. The van der Waals surface area contributed by atoms with Crippen molar-refractivity contribution in [2.45, 2.75) is 63.7 Å². The molecule has 0 radical (unpaired) electrons. The Balaban J connectivity index is 2.19. The van der Waals surface area contributed by atoms with Crippen LogP contribution in [0.4, 0.5) is 0 Å². The van der Waals surface area contributed by atoms with E-state index in [4.69, 9.17) is 10.8 Å². The summed E-state index contributed by atoms with van der Waals surface area (Å²) in [6.45, 7) is 3.62. The van der Waals surface area contributed by atoms with Gasteiger partial charge in [-0.2, -0.15) is 0 Å². The van der Waals surface area contributed by atoms with E-state index >= 15 is 0 Å². The first-order valence-electron chi connectivity index (χ1n) is 11.5. The average molecular weight is 521 g/mol. The molecule has 202 valence electrons.